The maximum absolute atomic E-state index is 6.26. The smallest absolute Gasteiger partial charge is 0.0960 e. The zero-order valence-corrected chi connectivity index (χ0v) is 13.3. The van der Waals surface area contributed by atoms with Crippen molar-refractivity contribution in [2.75, 3.05) is 6.54 Å². The normalized spacial score (nSPS) is 20.2. The molecule has 1 unspecified atom stereocenters. The molecule has 1 aliphatic rings. The van der Waals surface area contributed by atoms with Gasteiger partial charge in [-0.3, -0.25) is 0 Å². The number of hydrogen-bond donors (Lipinski definition) is 1. The van der Waals surface area contributed by atoms with Gasteiger partial charge in [0.1, 0.15) is 0 Å². The van der Waals surface area contributed by atoms with Crippen LogP contribution in [0, 0.1) is 12.3 Å². The second kappa shape index (κ2) is 5.94. The van der Waals surface area contributed by atoms with Gasteiger partial charge in [-0.25, -0.2) is 0 Å². The lowest BCUT2D eigenvalue weighted by molar-refractivity contribution is 0.192. The van der Waals surface area contributed by atoms with Crippen LogP contribution in [0.2, 0.25) is 4.34 Å². The fraction of sp³-hybridized carbons (Fsp3) is 0.733. The van der Waals surface area contributed by atoms with Gasteiger partial charge in [-0.05, 0) is 49.8 Å². The van der Waals surface area contributed by atoms with E-state index in [2.05, 4.69) is 32.2 Å². The SMILES string of the molecule is CCNC(c1cc(C)c(Cl)s1)C1(CC)CCCC1. The monoisotopic (exact) mass is 285 g/mol. The highest BCUT2D eigenvalue weighted by molar-refractivity contribution is 7.16. The molecule has 0 amide bonds. The Bertz CT molecular complexity index is 374. The van der Waals surface area contributed by atoms with Gasteiger partial charge in [0.05, 0.1) is 4.34 Å². The molecule has 1 saturated carbocycles. The molecule has 0 aliphatic heterocycles. The number of nitrogens with one attached hydrogen (secondary N) is 1. The lowest BCUT2D eigenvalue weighted by atomic mass is 9.75. The molecular formula is C15H24ClNS. The average molecular weight is 286 g/mol. The molecule has 18 heavy (non-hydrogen) atoms. The van der Waals surface area contributed by atoms with Crippen LogP contribution in [0.15, 0.2) is 6.07 Å². The zero-order valence-electron chi connectivity index (χ0n) is 11.7. The molecule has 1 aromatic rings. The van der Waals surface area contributed by atoms with E-state index in [1.165, 1.54) is 42.5 Å². The fourth-order valence-electron chi connectivity index (χ4n) is 3.37. The van der Waals surface area contributed by atoms with Gasteiger partial charge in [0.25, 0.3) is 0 Å². The highest BCUT2D eigenvalue weighted by Gasteiger charge is 2.40. The first kappa shape index (κ1) is 14.4. The van der Waals surface area contributed by atoms with Gasteiger partial charge >= 0.3 is 0 Å². The van der Waals surface area contributed by atoms with E-state index in [0.29, 0.717) is 11.5 Å². The summed E-state index contributed by atoms with van der Waals surface area (Å²) in [5.74, 6) is 0. The Balaban J connectivity index is 2.32. The van der Waals surface area contributed by atoms with Crippen LogP contribution in [0.4, 0.5) is 0 Å². The van der Waals surface area contributed by atoms with Crippen molar-refractivity contribution in [1.82, 2.24) is 5.32 Å². The Morgan fingerprint density at radius 1 is 1.39 bits per heavy atom. The summed E-state index contributed by atoms with van der Waals surface area (Å²) in [6.07, 6.45) is 6.74. The van der Waals surface area contributed by atoms with E-state index in [0.717, 1.165) is 10.9 Å². The van der Waals surface area contributed by atoms with Crippen molar-refractivity contribution in [2.45, 2.75) is 58.9 Å². The molecule has 1 fully saturated rings. The average Bonchev–Trinajstić information content (AvgIpc) is 2.95. The second-order valence-corrected chi connectivity index (χ2v) is 7.21. The number of halogens is 1. The third-order valence-corrected chi connectivity index (χ3v) is 6.10. The molecule has 3 heteroatoms. The van der Waals surface area contributed by atoms with Gasteiger partial charge in [0.15, 0.2) is 0 Å². The molecule has 1 nitrogen and oxygen atoms in total. The Morgan fingerprint density at radius 2 is 2.06 bits per heavy atom. The molecule has 1 N–H and O–H groups in total. The predicted molar refractivity (Wildman–Crippen MR) is 81.7 cm³/mol. The Labute approximate surface area is 120 Å². The lowest BCUT2D eigenvalue weighted by Crippen LogP contribution is -2.35. The third kappa shape index (κ3) is 2.61. The van der Waals surface area contributed by atoms with Crippen molar-refractivity contribution in [2.24, 2.45) is 5.41 Å². The van der Waals surface area contributed by atoms with E-state index in [1.807, 2.05) is 0 Å². The summed E-state index contributed by atoms with van der Waals surface area (Å²) in [7, 11) is 0. The topological polar surface area (TPSA) is 12.0 Å². The van der Waals surface area contributed by atoms with E-state index in [-0.39, 0.29) is 0 Å². The summed E-state index contributed by atoms with van der Waals surface area (Å²) in [5.41, 5.74) is 1.68. The van der Waals surface area contributed by atoms with Gasteiger partial charge in [0.2, 0.25) is 0 Å². The van der Waals surface area contributed by atoms with E-state index >= 15 is 0 Å². The highest BCUT2D eigenvalue weighted by atomic mass is 35.5. The van der Waals surface area contributed by atoms with Crippen molar-refractivity contribution in [3.63, 3.8) is 0 Å². The van der Waals surface area contributed by atoms with Crippen LogP contribution in [0.3, 0.4) is 0 Å². The van der Waals surface area contributed by atoms with Crippen molar-refractivity contribution in [3.05, 3.63) is 20.8 Å². The Hall–Kier alpha value is -0.0500. The number of rotatable bonds is 5. The molecule has 102 valence electrons. The van der Waals surface area contributed by atoms with E-state index in [9.17, 15) is 0 Å². The van der Waals surface area contributed by atoms with Crippen LogP contribution >= 0.6 is 22.9 Å². The van der Waals surface area contributed by atoms with Crippen molar-refractivity contribution < 1.29 is 0 Å². The first-order valence-corrected chi connectivity index (χ1v) is 8.31. The quantitative estimate of drug-likeness (QED) is 0.771. The molecular weight excluding hydrogens is 262 g/mol. The lowest BCUT2D eigenvalue weighted by Gasteiger charge is -2.37. The predicted octanol–water partition coefficient (Wildman–Crippen LogP) is 5.33. The summed E-state index contributed by atoms with van der Waals surface area (Å²) < 4.78 is 0.956. The van der Waals surface area contributed by atoms with Gasteiger partial charge in [-0.2, -0.15) is 0 Å². The van der Waals surface area contributed by atoms with Crippen LogP contribution in [-0.4, -0.2) is 6.54 Å². The first-order chi connectivity index (χ1) is 8.63. The summed E-state index contributed by atoms with van der Waals surface area (Å²) in [5, 5.41) is 3.72. The molecule has 0 radical (unpaired) electrons. The first-order valence-electron chi connectivity index (χ1n) is 7.12. The fourth-order valence-corrected chi connectivity index (χ4v) is 4.81. The van der Waals surface area contributed by atoms with Crippen LogP contribution < -0.4 is 5.32 Å². The molecule has 2 rings (SSSR count). The third-order valence-electron chi connectivity index (χ3n) is 4.48. The van der Waals surface area contributed by atoms with Gasteiger partial charge in [-0.1, -0.05) is 38.3 Å². The number of hydrogen-bond acceptors (Lipinski definition) is 2. The molecule has 0 spiro atoms. The number of aryl methyl sites for hydroxylation is 1. The standard InChI is InChI=1S/C15H24ClNS/c1-4-15(8-6-7-9-15)13(17-5-2)12-10-11(3)14(16)18-12/h10,13,17H,4-9H2,1-3H3. The summed E-state index contributed by atoms with van der Waals surface area (Å²) in [4.78, 5) is 1.43. The minimum atomic E-state index is 0.455. The number of thiophene rings is 1. The minimum Gasteiger partial charge on any atom is -0.309 e. The van der Waals surface area contributed by atoms with Crippen molar-refractivity contribution >= 4 is 22.9 Å². The molecule has 1 aromatic heterocycles. The summed E-state index contributed by atoms with van der Waals surface area (Å²) in [6, 6.07) is 2.78. The molecule has 1 heterocycles. The zero-order chi connectivity index (χ0) is 13.2. The maximum atomic E-state index is 6.26. The highest BCUT2D eigenvalue weighted by Crippen LogP contribution is 2.51. The molecule has 1 aliphatic carbocycles. The largest absolute Gasteiger partial charge is 0.309 e. The molecule has 0 saturated heterocycles. The van der Waals surface area contributed by atoms with Gasteiger partial charge in [0, 0.05) is 10.9 Å². The van der Waals surface area contributed by atoms with Crippen LogP contribution in [-0.2, 0) is 0 Å². The Kier molecular flexibility index (Phi) is 4.74. The van der Waals surface area contributed by atoms with Crippen molar-refractivity contribution in [1.29, 1.82) is 0 Å². The maximum Gasteiger partial charge on any atom is 0.0960 e. The van der Waals surface area contributed by atoms with Crippen LogP contribution in [0.25, 0.3) is 0 Å². The molecule has 0 aromatic carbocycles. The molecule has 0 bridgehead atoms. The van der Waals surface area contributed by atoms with Crippen molar-refractivity contribution in [3.8, 4) is 0 Å². The summed E-state index contributed by atoms with van der Waals surface area (Å²) >= 11 is 8.03. The van der Waals surface area contributed by atoms with Crippen LogP contribution in [0.5, 0.6) is 0 Å². The molecule has 1 atom stereocenters. The van der Waals surface area contributed by atoms with Gasteiger partial charge in [-0.15, -0.1) is 11.3 Å². The van der Waals surface area contributed by atoms with Gasteiger partial charge < -0.3 is 5.32 Å². The summed E-state index contributed by atoms with van der Waals surface area (Å²) in [6.45, 7) is 7.69. The second-order valence-electron chi connectivity index (χ2n) is 5.52. The van der Waals surface area contributed by atoms with E-state index < -0.39 is 0 Å². The Morgan fingerprint density at radius 3 is 2.50 bits per heavy atom. The van der Waals surface area contributed by atoms with E-state index in [1.54, 1.807) is 11.3 Å². The minimum absolute atomic E-state index is 0.455. The van der Waals surface area contributed by atoms with E-state index in [4.69, 9.17) is 11.6 Å². The van der Waals surface area contributed by atoms with Crippen LogP contribution in [0.1, 0.15) is 62.4 Å².